The van der Waals surface area contributed by atoms with Crippen LogP contribution < -0.4 is 5.32 Å². The van der Waals surface area contributed by atoms with Gasteiger partial charge in [0.15, 0.2) is 0 Å². The first kappa shape index (κ1) is 14.0. The van der Waals surface area contributed by atoms with Crippen LogP contribution in [0.1, 0.15) is 12.0 Å². The minimum Gasteiger partial charge on any atom is -0.481 e. The summed E-state index contributed by atoms with van der Waals surface area (Å²) in [6.07, 6.45) is 0.130. The van der Waals surface area contributed by atoms with Gasteiger partial charge >= 0.3 is 5.97 Å². The Bertz CT molecular complexity index is 556. The maximum Gasteiger partial charge on any atom is 0.307 e. The third kappa shape index (κ3) is 3.34. The van der Waals surface area contributed by atoms with Crippen molar-refractivity contribution in [3.63, 3.8) is 0 Å². The highest BCUT2D eigenvalue weighted by Crippen LogP contribution is 2.19. The lowest BCUT2D eigenvalue weighted by Crippen LogP contribution is -2.25. The maximum absolute atomic E-state index is 12.0. The number of hydrogen-bond donors (Lipinski definition) is 2. The largest absolute Gasteiger partial charge is 0.481 e. The molecule has 1 aliphatic rings. The zero-order valence-electron chi connectivity index (χ0n) is 11.1. The molecule has 1 unspecified atom stereocenters. The van der Waals surface area contributed by atoms with E-state index in [4.69, 9.17) is 5.11 Å². The average Bonchev–Trinajstić information content (AvgIpc) is 2.69. The molecular weight excluding hydrogens is 260 g/mol. The van der Waals surface area contributed by atoms with Crippen LogP contribution >= 0.6 is 0 Å². The van der Waals surface area contributed by atoms with E-state index in [-0.39, 0.29) is 30.6 Å². The van der Waals surface area contributed by atoms with Crippen molar-refractivity contribution in [2.24, 2.45) is 5.92 Å². The Hall–Kier alpha value is -2.37. The van der Waals surface area contributed by atoms with Gasteiger partial charge in [-0.1, -0.05) is 12.1 Å². The van der Waals surface area contributed by atoms with Crippen molar-refractivity contribution in [2.75, 3.05) is 18.9 Å². The molecule has 1 aliphatic heterocycles. The fourth-order valence-corrected chi connectivity index (χ4v) is 2.22. The number of nitrogens with zero attached hydrogens (tertiary/aromatic N) is 1. The summed E-state index contributed by atoms with van der Waals surface area (Å²) in [6, 6.07) is 6.71. The summed E-state index contributed by atoms with van der Waals surface area (Å²) in [4.78, 5) is 35.6. The summed E-state index contributed by atoms with van der Waals surface area (Å²) < 4.78 is 0. The molecule has 6 heteroatoms. The maximum atomic E-state index is 12.0. The van der Waals surface area contributed by atoms with E-state index in [0.717, 1.165) is 0 Å². The molecule has 1 aromatic carbocycles. The standard InChI is InChI=1S/C14H16N2O4/c1-16-8-10(7-12(16)17)14(20)15-11-4-2-3-9(5-11)6-13(18)19/h2-5,10H,6-8H2,1H3,(H,15,20)(H,18,19). The second kappa shape index (κ2) is 5.73. The first-order valence-corrected chi connectivity index (χ1v) is 6.31. The molecule has 0 aliphatic carbocycles. The Morgan fingerprint density at radius 2 is 2.20 bits per heavy atom. The number of likely N-dealkylation sites (tertiary alicyclic amines) is 1. The Labute approximate surface area is 116 Å². The summed E-state index contributed by atoms with van der Waals surface area (Å²) in [5.41, 5.74) is 1.17. The zero-order valence-corrected chi connectivity index (χ0v) is 11.1. The Morgan fingerprint density at radius 3 is 2.80 bits per heavy atom. The SMILES string of the molecule is CN1CC(C(=O)Nc2cccc(CC(=O)O)c2)CC1=O. The third-order valence-corrected chi connectivity index (χ3v) is 3.26. The van der Waals surface area contributed by atoms with Gasteiger partial charge in [-0.25, -0.2) is 0 Å². The number of rotatable bonds is 4. The van der Waals surface area contributed by atoms with E-state index in [1.54, 1.807) is 31.3 Å². The molecule has 1 aromatic rings. The van der Waals surface area contributed by atoms with E-state index in [1.807, 2.05) is 0 Å². The van der Waals surface area contributed by atoms with Crippen LogP contribution in [0.3, 0.4) is 0 Å². The van der Waals surface area contributed by atoms with E-state index in [1.165, 1.54) is 4.90 Å². The van der Waals surface area contributed by atoms with E-state index >= 15 is 0 Å². The third-order valence-electron chi connectivity index (χ3n) is 3.26. The highest BCUT2D eigenvalue weighted by molar-refractivity contribution is 5.97. The first-order chi connectivity index (χ1) is 9.45. The smallest absolute Gasteiger partial charge is 0.307 e. The average molecular weight is 276 g/mol. The van der Waals surface area contributed by atoms with Crippen molar-refractivity contribution in [3.8, 4) is 0 Å². The highest BCUT2D eigenvalue weighted by Gasteiger charge is 2.32. The van der Waals surface area contributed by atoms with E-state index in [9.17, 15) is 14.4 Å². The van der Waals surface area contributed by atoms with Crippen molar-refractivity contribution < 1.29 is 19.5 Å². The molecule has 20 heavy (non-hydrogen) atoms. The molecule has 0 aromatic heterocycles. The molecule has 0 bridgehead atoms. The van der Waals surface area contributed by atoms with Gasteiger partial charge in [-0.15, -0.1) is 0 Å². The van der Waals surface area contributed by atoms with Gasteiger partial charge in [-0.3, -0.25) is 14.4 Å². The van der Waals surface area contributed by atoms with Crippen molar-refractivity contribution in [3.05, 3.63) is 29.8 Å². The number of benzene rings is 1. The van der Waals surface area contributed by atoms with Crippen LogP contribution in [-0.2, 0) is 20.8 Å². The number of nitrogens with one attached hydrogen (secondary N) is 1. The van der Waals surface area contributed by atoms with E-state index in [2.05, 4.69) is 5.32 Å². The molecule has 2 rings (SSSR count). The number of carboxylic acid groups (broad SMARTS) is 1. The fourth-order valence-electron chi connectivity index (χ4n) is 2.22. The monoisotopic (exact) mass is 276 g/mol. The van der Waals surface area contributed by atoms with Crippen molar-refractivity contribution in [1.82, 2.24) is 4.90 Å². The van der Waals surface area contributed by atoms with Crippen LogP contribution in [0.25, 0.3) is 0 Å². The van der Waals surface area contributed by atoms with Gasteiger partial charge in [0, 0.05) is 25.7 Å². The normalized spacial score (nSPS) is 18.1. The molecule has 1 heterocycles. The summed E-state index contributed by atoms with van der Waals surface area (Å²) >= 11 is 0. The second-order valence-corrected chi connectivity index (χ2v) is 4.94. The molecule has 6 nitrogen and oxygen atoms in total. The van der Waals surface area contributed by atoms with Crippen LogP contribution in [0.2, 0.25) is 0 Å². The Balaban J connectivity index is 2.01. The van der Waals surface area contributed by atoms with Gasteiger partial charge in [0.05, 0.1) is 12.3 Å². The van der Waals surface area contributed by atoms with Crippen LogP contribution in [0.15, 0.2) is 24.3 Å². The summed E-state index contributed by atoms with van der Waals surface area (Å²) in [5.74, 6) is -1.52. The van der Waals surface area contributed by atoms with Gasteiger partial charge < -0.3 is 15.3 Å². The van der Waals surface area contributed by atoms with Crippen LogP contribution in [0.4, 0.5) is 5.69 Å². The predicted molar refractivity (Wildman–Crippen MR) is 72.2 cm³/mol. The number of hydrogen-bond acceptors (Lipinski definition) is 3. The molecule has 0 saturated carbocycles. The molecular formula is C14H16N2O4. The summed E-state index contributed by atoms with van der Waals surface area (Å²) in [5, 5.41) is 11.5. The minimum atomic E-state index is -0.920. The van der Waals surface area contributed by atoms with Crippen LogP contribution in [0.5, 0.6) is 0 Å². The molecule has 0 radical (unpaired) electrons. The topological polar surface area (TPSA) is 86.7 Å². The van der Waals surface area contributed by atoms with Gasteiger partial charge in [0.1, 0.15) is 0 Å². The molecule has 0 spiro atoms. The minimum absolute atomic E-state index is 0.0372. The first-order valence-electron chi connectivity index (χ1n) is 6.31. The summed E-state index contributed by atoms with van der Waals surface area (Å²) in [6.45, 7) is 0.416. The Morgan fingerprint density at radius 1 is 1.45 bits per heavy atom. The van der Waals surface area contributed by atoms with Crippen LogP contribution in [-0.4, -0.2) is 41.4 Å². The van der Waals surface area contributed by atoms with E-state index in [0.29, 0.717) is 17.8 Å². The van der Waals surface area contributed by atoms with Crippen molar-refractivity contribution in [2.45, 2.75) is 12.8 Å². The molecule has 2 N–H and O–H groups in total. The van der Waals surface area contributed by atoms with Crippen LogP contribution in [0, 0.1) is 5.92 Å². The number of carbonyl (C=O) groups is 3. The van der Waals surface area contributed by atoms with Gasteiger partial charge in [0.2, 0.25) is 11.8 Å². The number of anilines is 1. The lowest BCUT2D eigenvalue weighted by Gasteiger charge is -2.11. The van der Waals surface area contributed by atoms with Gasteiger partial charge in [0.25, 0.3) is 0 Å². The molecule has 2 amide bonds. The van der Waals surface area contributed by atoms with Crippen molar-refractivity contribution >= 4 is 23.5 Å². The lowest BCUT2D eigenvalue weighted by atomic mass is 10.1. The number of amides is 2. The molecule has 1 saturated heterocycles. The van der Waals surface area contributed by atoms with Gasteiger partial charge in [-0.05, 0) is 17.7 Å². The second-order valence-electron chi connectivity index (χ2n) is 4.94. The molecule has 1 fully saturated rings. The summed E-state index contributed by atoms with van der Waals surface area (Å²) in [7, 11) is 1.67. The highest BCUT2D eigenvalue weighted by atomic mass is 16.4. The Kier molecular flexibility index (Phi) is 4.02. The quantitative estimate of drug-likeness (QED) is 0.848. The lowest BCUT2D eigenvalue weighted by molar-refractivity contribution is -0.136. The van der Waals surface area contributed by atoms with E-state index < -0.39 is 5.97 Å². The molecule has 106 valence electrons. The van der Waals surface area contributed by atoms with Crippen molar-refractivity contribution in [1.29, 1.82) is 0 Å². The zero-order chi connectivity index (χ0) is 14.7. The number of carboxylic acids is 1. The number of aliphatic carboxylic acids is 1. The fraction of sp³-hybridized carbons (Fsp3) is 0.357. The predicted octanol–water partition coefficient (Wildman–Crippen LogP) is 0.730. The molecule has 1 atom stereocenters. The number of carbonyl (C=O) groups excluding carboxylic acids is 2. The van der Waals surface area contributed by atoms with Gasteiger partial charge in [-0.2, -0.15) is 0 Å².